The van der Waals surface area contributed by atoms with Gasteiger partial charge in [-0.25, -0.2) is 4.79 Å². The molecule has 0 radical (unpaired) electrons. The molecule has 0 unspecified atom stereocenters. The lowest BCUT2D eigenvalue weighted by Crippen LogP contribution is -2.34. The summed E-state index contributed by atoms with van der Waals surface area (Å²) in [5.41, 5.74) is 2.57. The van der Waals surface area contributed by atoms with E-state index >= 15 is 0 Å². The first-order valence-corrected chi connectivity index (χ1v) is 7.48. The van der Waals surface area contributed by atoms with Crippen molar-refractivity contribution in [1.29, 1.82) is 0 Å². The summed E-state index contributed by atoms with van der Waals surface area (Å²) in [6.45, 7) is 0.631. The van der Waals surface area contributed by atoms with Crippen LogP contribution >= 0.6 is 0 Å². The Morgan fingerprint density at radius 1 is 0.917 bits per heavy atom. The predicted octanol–water partition coefficient (Wildman–Crippen LogP) is 2.45. The van der Waals surface area contributed by atoms with Crippen molar-refractivity contribution in [3.8, 4) is 16.9 Å². The first-order valence-electron chi connectivity index (χ1n) is 7.48. The van der Waals surface area contributed by atoms with Crippen LogP contribution in [0.15, 0.2) is 48.5 Å². The molecule has 0 saturated heterocycles. The van der Waals surface area contributed by atoms with Crippen molar-refractivity contribution < 1.29 is 19.1 Å². The van der Waals surface area contributed by atoms with E-state index in [4.69, 9.17) is 4.74 Å². The van der Waals surface area contributed by atoms with Gasteiger partial charge in [0.1, 0.15) is 5.75 Å². The van der Waals surface area contributed by atoms with Gasteiger partial charge in [0.2, 0.25) is 0 Å². The maximum Gasteiger partial charge on any atom is 0.406 e. The number of hydrogen-bond donors (Lipinski definition) is 2. The highest BCUT2D eigenvalue weighted by molar-refractivity contribution is 5.94. The van der Waals surface area contributed by atoms with E-state index in [1.54, 1.807) is 19.2 Å². The molecule has 0 saturated carbocycles. The summed E-state index contributed by atoms with van der Waals surface area (Å²) in [5, 5.41) is 5.22. The van der Waals surface area contributed by atoms with Crippen molar-refractivity contribution in [2.24, 2.45) is 0 Å². The average molecular weight is 328 g/mol. The summed E-state index contributed by atoms with van der Waals surface area (Å²) in [6, 6.07) is 15.0. The number of amides is 2. The van der Waals surface area contributed by atoms with E-state index in [1.165, 1.54) is 7.11 Å². The second-order valence-corrected chi connectivity index (χ2v) is 4.98. The van der Waals surface area contributed by atoms with E-state index in [0.717, 1.165) is 16.9 Å². The number of nitrogens with one attached hydrogen (secondary N) is 2. The molecule has 0 fully saturated rings. The molecule has 0 aliphatic rings. The first-order chi connectivity index (χ1) is 11.6. The second kappa shape index (κ2) is 8.57. The summed E-state index contributed by atoms with van der Waals surface area (Å²) in [4.78, 5) is 22.9. The van der Waals surface area contributed by atoms with Crippen molar-refractivity contribution in [2.75, 3.05) is 27.3 Å². The summed E-state index contributed by atoms with van der Waals surface area (Å²) < 4.78 is 9.66. The third-order valence-corrected chi connectivity index (χ3v) is 3.42. The summed E-state index contributed by atoms with van der Waals surface area (Å²) in [7, 11) is 2.92. The van der Waals surface area contributed by atoms with Crippen LogP contribution in [-0.2, 0) is 4.74 Å². The number of hydrogen-bond acceptors (Lipinski definition) is 4. The van der Waals surface area contributed by atoms with Crippen LogP contribution in [0, 0.1) is 0 Å². The zero-order valence-corrected chi connectivity index (χ0v) is 13.7. The van der Waals surface area contributed by atoms with Crippen molar-refractivity contribution >= 4 is 12.0 Å². The fourth-order valence-corrected chi connectivity index (χ4v) is 2.13. The molecule has 2 aromatic rings. The highest BCUT2D eigenvalue weighted by atomic mass is 16.5. The molecule has 0 aliphatic carbocycles. The Morgan fingerprint density at radius 2 is 1.62 bits per heavy atom. The van der Waals surface area contributed by atoms with Gasteiger partial charge >= 0.3 is 6.09 Å². The molecule has 0 bridgehead atoms. The zero-order valence-electron chi connectivity index (χ0n) is 13.7. The minimum Gasteiger partial charge on any atom is -0.497 e. The fourth-order valence-electron chi connectivity index (χ4n) is 2.13. The highest BCUT2D eigenvalue weighted by Crippen LogP contribution is 2.23. The topological polar surface area (TPSA) is 76.7 Å². The SMILES string of the molecule is COC(=O)NCCNC(=O)c1ccc(-c2cccc(OC)c2)cc1. The number of methoxy groups -OCH3 is 2. The molecule has 2 N–H and O–H groups in total. The van der Waals surface area contributed by atoms with Crippen LogP contribution in [0.2, 0.25) is 0 Å². The van der Waals surface area contributed by atoms with E-state index in [1.807, 2.05) is 36.4 Å². The Kier molecular flexibility index (Phi) is 6.19. The van der Waals surface area contributed by atoms with Crippen molar-refractivity contribution in [1.82, 2.24) is 10.6 Å². The maximum absolute atomic E-state index is 12.0. The quantitative estimate of drug-likeness (QED) is 0.799. The van der Waals surface area contributed by atoms with Crippen LogP contribution in [0.3, 0.4) is 0 Å². The highest BCUT2D eigenvalue weighted by Gasteiger charge is 2.06. The number of carbonyl (C=O) groups is 2. The number of alkyl carbamates (subject to hydrolysis) is 1. The van der Waals surface area contributed by atoms with Gasteiger partial charge in [-0.2, -0.15) is 0 Å². The zero-order chi connectivity index (χ0) is 17.4. The predicted molar refractivity (Wildman–Crippen MR) is 91.2 cm³/mol. The third kappa shape index (κ3) is 4.74. The molecule has 24 heavy (non-hydrogen) atoms. The van der Waals surface area contributed by atoms with Crippen LogP contribution < -0.4 is 15.4 Å². The second-order valence-electron chi connectivity index (χ2n) is 4.98. The van der Waals surface area contributed by atoms with Crippen LogP contribution in [0.25, 0.3) is 11.1 Å². The number of benzene rings is 2. The van der Waals surface area contributed by atoms with Crippen LogP contribution in [0.1, 0.15) is 10.4 Å². The Balaban J connectivity index is 1.93. The number of rotatable bonds is 6. The van der Waals surface area contributed by atoms with Crippen molar-refractivity contribution in [3.63, 3.8) is 0 Å². The minimum absolute atomic E-state index is 0.196. The van der Waals surface area contributed by atoms with E-state index in [9.17, 15) is 9.59 Å². The Bertz CT molecular complexity index is 698. The molecule has 0 spiro atoms. The van der Waals surface area contributed by atoms with Crippen LogP contribution in [0.5, 0.6) is 5.75 Å². The Hall–Kier alpha value is -3.02. The Morgan fingerprint density at radius 3 is 2.29 bits per heavy atom. The molecule has 126 valence electrons. The molecule has 6 heteroatoms. The maximum atomic E-state index is 12.0. The van der Waals surface area contributed by atoms with Crippen LogP contribution in [0.4, 0.5) is 4.79 Å². The molecule has 0 heterocycles. The molecule has 2 rings (SSSR count). The van der Waals surface area contributed by atoms with E-state index in [2.05, 4.69) is 15.4 Å². The fraction of sp³-hybridized carbons (Fsp3) is 0.222. The average Bonchev–Trinajstić information content (AvgIpc) is 2.65. The lowest BCUT2D eigenvalue weighted by Gasteiger charge is -2.08. The van der Waals surface area contributed by atoms with Crippen LogP contribution in [-0.4, -0.2) is 39.3 Å². The lowest BCUT2D eigenvalue weighted by atomic mass is 10.0. The molecule has 2 amide bonds. The van der Waals surface area contributed by atoms with Crippen molar-refractivity contribution in [3.05, 3.63) is 54.1 Å². The Labute approximate surface area is 140 Å². The number of ether oxygens (including phenoxy) is 2. The molecule has 0 aromatic heterocycles. The molecular formula is C18H20N2O4. The monoisotopic (exact) mass is 328 g/mol. The minimum atomic E-state index is -0.521. The normalized spacial score (nSPS) is 9.92. The van der Waals surface area contributed by atoms with E-state index in [0.29, 0.717) is 18.7 Å². The largest absolute Gasteiger partial charge is 0.497 e. The first kappa shape index (κ1) is 17.3. The van der Waals surface area contributed by atoms with Gasteiger partial charge in [0, 0.05) is 18.7 Å². The molecule has 0 atom stereocenters. The summed E-state index contributed by atoms with van der Waals surface area (Å²) in [5.74, 6) is 0.589. The van der Waals surface area contributed by atoms with Gasteiger partial charge in [-0.3, -0.25) is 4.79 Å². The standard InChI is InChI=1S/C18H20N2O4/c1-23-16-5-3-4-15(12-16)13-6-8-14(9-7-13)17(21)19-10-11-20-18(22)24-2/h3-9,12H,10-11H2,1-2H3,(H,19,21)(H,20,22). The van der Waals surface area contributed by atoms with Gasteiger partial charge in [-0.05, 0) is 35.4 Å². The smallest absolute Gasteiger partial charge is 0.406 e. The molecule has 2 aromatic carbocycles. The van der Waals surface area contributed by atoms with Gasteiger partial charge in [-0.15, -0.1) is 0 Å². The van der Waals surface area contributed by atoms with Gasteiger partial charge < -0.3 is 20.1 Å². The van der Waals surface area contributed by atoms with E-state index in [-0.39, 0.29) is 5.91 Å². The van der Waals surface area contributed by atoms with Gasteiger partial charge in [-0.1, -0.05) is 24.3 Å². The number of carbonyl (C=O) groups excluding carboxylic acids is 2. The van der Waals surface area contributed by atoms with Gasteiger partial charge in [0.15, 0.2) is 0 Å². The summed E-state index contributed by atoms with van der Waals surface area (Å²) in [6.07, 6.45) is -0.521. The van der Waals surface area contributed by atoms with E-state index < -0.39 is 6.09 Å². The lowest BCUT2D eigenvalue weighted by molar-refractivity contribution is 0.0953. The van der Waals surface area contributed by atoms with Gasteiger partial charge in [0.25, 0.3) is 5.91 Å². The third-order valence-electron chi connectivity index (χ3n) is 3.42. The molecular weight excluding hydrogens is 308 g/mol. The molecule has 0 aliphatic heterocycles. The van der Waals surface area contributed by atoms with Crippen molar-refractivity contribution in [2.45, 2.75) is 0 Å². The van der Waals surface area contributed by atoms with Gasteiger partial charge in [0.05, 0.1) is 14.2 Å². The molecule has 6 nitrogen and oxygen atoms in total. The summed E-state index contributed by atoms with van der Waals surface area (Å²) >= 11 is 0.